The average Bonchev–Trinajstić information content (AvgIpc) is 2.45. The summed E-state index contributed by atoms with van der Waals surface area (Å²) in [6.07, 6.45) is 0.0870. The van der Waals surface area contributed by atoms with E-state index >= 15 is 0 Å². The number of aryl methyl sites for hydroxylation is 3. The molecule has 0 spiro atoms. The predicted molar refractivity (Wildman–Crippen MR) is 83.7 cm³/mol. The summed E-state index contributed by atoms with van der Waals surface area (Å²) in [5, 5.41) is 3.55. The lowest BCUT2D eigenvalue weighted by molar-refractivity contribution is 0.208. The standard InChI is InChI=1S/C18H21NO/c1-11-5-7-15(8-6-11)16-10-19-17-14(4)12(2)9-13(3)18(17)20-16/h5-9,16,19H,10H2,1-4H3. The Hall–Kier alpha value is -1.96. The van der Waals surface area contributed by atoms with Crippen molar-refractivity contribution in [1.82, 2.24) is 0 Å². The molecule has 0 aliphatic carbocycles. The van der Waals surface area contributed by atoms with Crippen LogP contribution in [0.4, 0.5) is 5.69 Å². The molecular formula is C18H21NO. The third kappa shape index (κ3) is 2.15. The first-order chi connectivity index (χ1) is 9.56. The largest absolute Gasteiger partial charge is 0.481 e. The molecule has 3 rings (SSSR count). The molecule has 0 bridgehead atoms. The van der Waals surface area contributed by atoms with Gasteiger partial charge in [-0.1, -0.05) is 35.9 Å². The molecule has 0 fully saturated rings. The van der Waals surface area contributed by atoms with E-state index in [9.17, 15) is 0 Å². The van der Waals surface area contributed by atoms with Crippen molar-refractivity contribution < 1.29 is 4.74 Å². The van der Waals surface area contributed by atoms with Gasteiger partial charge < -0.3 is 10.1 Å². The molecule has 1 unspecified atom stereocenters. The number of rotatable bonds is 1. The molecule has 1 heterocycles. The van der Waals surface area contributed by atoms with E-state index in [4.69, 9.17) is 4.74 Å². The minimum atomic E-state index is 0.0870. The van der Waals surface area contributed by atoms with Crippen LogP contribution in [0.15, 0.2) is 30.3 Å². The molecule has 0 radical (unpaired) electrons. The summed E-state index contributed by atoms with van der Waals surface area (Å²) in [7, 11) is 0. The maximum Gasteiger partial charge on any atom is 0.146 e. The first kappa shape index (κ1) is 13.0. The van der Waals surface area contributed by atoms with Crippen molar-refractivity contribution in [2.24, 2.45) is 0 Å². The minimum Gasteiger partial charge on any atom is -0.481 e. The quantitative estimate of drug-likeness (QED) is 0.823. The van der Waals surface area contributed by atoms with Gasteiger partial charge >= 0.3 is 0 Å². The first-order valence-electron chi connectivity index (χ1n) is 7.14. The van der Waals surface area contributed by atoms with Crippen LogP contribution < -0.4 is 10.1 Å². The number of hydrogen-bond donors (Lipinski definition) is 1. The zero-order valence-corrected chi connectivity index (χ0v) is 12.6. The van der Waals surface area contributed by atoms with Gasteiger partial charge in [0.1, 0.15) is 11.9 Å². The van der Waals surface area contributed by atoms with Gasteiger partial charge in [0.15, 0.2) is 0 Å². The third-order valence-corrected chi connectivity index (χ3v) is 4.16. The molecule has 2 heteroatoms. The third-order valence-electron chi connectivity index (χ3n) is 4.16. The van der Waals surface area contributed by atoms with Crippen molar-refractivity contribution in [3.8, 4) is 5.75 Å². The van der Waals surface area contributed by atoms with Gasteiger partial charge in [-0.15, -0.1) is 0 Å². The highest BCUT2D eigenvalue weighted by atomic mass is 16.5. The maximum atomic E-state index is 6.26. The molecule has 20 heavy (non-hydrogen) atoms. The smallest absolute Gasteiger partial charge is 0.146 e. The SMILES string of the molecule is Cc1ccc(C2CNc3c(C)c(C)cc(C)c3O2)cc1. The highest BCUT2D eigenvalue weighted by Gasteiger charge is 2.24. The number of ether oxygens (including phenoxy) is 1. The van der Waals surface area contributed by atoms with E-state index in [1.807, 2.05) is 0 Å². The lowest BCUT2D eigenvalue weighted by Gasteiger charge is -2.30. The van der Waals surface area contributed by atoms with E-state index < -0.39 is 0 Å². The Morgan fingerprint density at radius 3 is 2.40 bits per heavy atom. The molecule has 0 amide bonds. The lowest BCUT2D eigenvalue weighted by Crippen LogP contribution is -2.25. The number of benzene rings is 2. The first-order valence-corrected chi connectivity index (χ1v) is 7.14. The van der Waals surface area contributed by atoms with Crippen molar-refractivity contribution in [1.29, 1.82) is 0 Å². The van der Waals surface area contributed by atoms with Gasteiger partial charge in [0.2, 0.25) is 0 Å². The van der Waals surface area contributed by atoms with E-state index in [0.717, 1.165) is 18.0 Å². The molecule has 1 N–H and O–H groups in total. The van der Waals surface area contributed by atoms with Gasteiger partial charge in [0, 0.05) is 0 Å². The number of hydrogen-bond acceptors (Lipinski definition) is 2. The lowest BCUT2D eigenvalue weighted by atomic mass is 10.00. The van der Waals surface area contributed by atoms with Crippen molar-refractivity contribution in [3.05, 3.63) is 58.1 Å². The van der Waals surface area contributed by atoms with E-state index in [2.05, 4.69) is 63.3 Å². The van der Waals surface area contributed by atoms with Crippen LogP contribution in [0.25, 0.3) is 0 Å². The van der Waals surface area contributed by atoms with Crippen LogP contribution in [0.5, 0.6) is 5.75 Å². The highest BCUT2D eigenvalue weighted by molar-refractivity contribution is 5.68. The Kier molecular flexibility index (Phi) is 3.17. The van der Waals surface area contributed by atoms with Gasteiger partial charge in [-0.25, -0.2) is 0 Å². The van der Waals surface area contributed by atoms with Crippen molar-refractivity contribution in [2.45, 2.75) is 33.8 Å². The molecule has 2 nitrogen and oxygen atoms in total. The van der Waals surface area contributed by atoms with Crippen LogP contribution in [0.3, 0.4) is 0 Å². The molecule has 1 atom stereocenters. The summed E-state index contributed by atoms with van der Waals surface area (Å²) >= 11 is 0. The van der Waals surface area contributed by atoms with Gasteiger partial charge in [-0.05, 0) is 49.9 Å². The van der Waals surface area contributed by atoms with Crippen LogP contribution in [-0.4, -0.2) is 6.54 Å². The molecule has 2 aromatic rings. The van der Waals surface area contributed by atoms with Crippen LogP contribution in [0, 0.1) is 27.7 Å². The van der Waals surface area contributed by atoms with Crippen molar-refractivity contribution >= 4 is 5.69 Å². The molecule has 2 aromatic carbocycles. The zero-order valence-electron chi connectivity index (χ0n) is 12.6. The Bertz CT molecular complexity index is 643. The van der Waals surface area contributed by atoms with Crippen LogP contribution in [0.2, 0.25) is 0 Å². The van der Waals surface area contributed by atoms with E-state index in [1.54, 1.807) is 0 Å². The van der Waals surface area contributed by atoms with Crippen molar-refractivity contribution in [2.75, 3.05) is 11.9 Å². The van der Waals surface area contributed by atoms with Crippen LogP contribution in [0.1, 0.15) is 33.9 Å². The predicted octanol–water partition coefficient (Wildman–Crippen LogP) is 4.47. The Morgan fingerprint density at radius 2 is 1.70 bits per heavy atom. The van der Waals surface area contributed by atoms with E-state index in [-0.39, 0.29) is 6.10 Å². The number of nitrogens with one attached hydrogen (secondary N) is 1. The molecule has 1 aliphatic rings. The van der Waals surface area contributed by atoms with Crippen molar-refractivity contribution in [3.63, 3.8) is 0 Å². The summed E-state index contributed by atoms with van der Waals surface area (Å²) < 4.78 is 6.26. The van der Waals surface area contributed by atoms with Crippen LogP contribution in [-0.2, 0) is 0 Å². The molecule has 104 valence electrons. The maximum absolute atomic E-state index is 6.26. The molecule has 0 saturated carbocycles. The number of fused-ring (bicyclic) bond motifs is 1. The Balaban J connectivity index is 1.96. The second-order valence-corrected chi connectivity index (χ2v) is 5.74. The fraction of sp³-hybridized carbons (Fsp3) is 0.333. The van der Waals surface area contributed by atoms with Gasteiger partial charge in [0.05, 0.1) is 12.2 Å². The fourth-order valence-corrected chi connectivity index (χ4v) is 2.77. The summed E-state index contributed by atoms with van der Waals surface area (Å²) in [6, 6.07) is 10.8. The normalized spacial score (nSPS) is 17.1. The average molecular weight is 267 g/mol. The second-order valence-electron chi connectivity index (χ2n) is 5.74. The Labute approximate surface area is 120 Å². The molecular weight excluding hydrogens is 246 g/mol. The number of anilines is 1. The summed E-state index contributed by atoms with van der Waals surface area (Å²) in [6.45, 7) is 9.34. The second kappa shape index (κ2) is 4.86. The topological polar surface area (TPSA) is 21.3 Å². The Morgan fingerprint density at radius 1 is 1.00 bits per heavy atom. The fourth-order valence-electron chi connectivity index (χ4n) is 2.77. The molecule has 0 aromatic heterocycles. The summed E-state index contributed by atoms with van der Waals surface area (Å²) in [5.41, 5.74) is 7.46. The van der Waals surface area contributed by atoms with E-state index in [1.165, 1.54) is 27.8 Å². The molecule has 0 saturated heterocycles. The highest BCUT2D eigenvalue weighted by Crippen LogP contribution is 2.40. The monoisotopic (exact) mass is 267 g/mol. The summed E-state index contributed by atoms with van der Waals surface area (Å²) in [4.78, 5) is 0. The van der Waals surface area contributed by atoms with Gasteiger partial charge in [0.25, 0.3) is 0 Å². The zero-order chi connectivity index (χ0) is 14.3. The van der Waals surface area contributed by atoms with Gasteiger partial charge in [-0.3, -0.25) is 0 Å². The summed E-state index contributed by atoms with van der Waals surface area (Å²) in [5.74, 6) is 1.00. The van der Waals surface area contributed by atoms with Crippen LogP contribution >= 0.6 is 0 Å². The van der Waals surface area contributed by atoms with E-state index in [0.29, 0.717) is 0 Å². The van der Waals surface area contributed by atoms with Gasteiger partial charge in [-0.2, -0.15) is 0 Å². The minimum absolute atomic E-state index is 0.0870. The molecule has 1 aliphatic heterocycles.